The molecule has 162 valence electrons. The monoisotopic (exact) mass is 433 g/mol. The topological polar surface area (TPSA) is 128 Å². The lowest BCUT2D eigenvalue weighted by atomic mass is 9.93. The van der Waals surface area contributed by atoms with Crippen LogP contribution in [0, 0.1) is 10.1 Å². The van der Waals surface area contributed by atoms with Gasteiger partial charge in [-0.1, -0.05) is 30.3 Å². The standard InChI is InChI=1S/C22H19N5O5/c1-13-18(21(28)32-2)20(24-22(29)23-13)17-12-26(15-8-4-3-5-9-15)25-19(17)14-7-6-10-16(11-14)27(30)31/h3-12,20H,1-2H3,(H2,23,24,29)/t20-/m0/s1. The van der Waals surface area contributed by atoms with E-state index in [-0.39, 0.29) is 11.3 Å². The van der Waals surface area contributed by atoms with E-state index < -0.39 is 23.0 Å². The van der Waals surface area contributed by atoms with Crippen LogP contribution in [-0.4, -0.2) is 33.8 Å². The third kappa shape index (κ3) is 3.81. The van der Waals surface area contributed by atoms with Gasteiger partial charge in [-0.3, -0.25) is 10.1 Å². The molecule has 2 amide bonds. The minimum Gasteiger partial charge on any atom is -0.466 e. The molecule has 32 heavy (non-hydrogen) atoms. The lowest BCUT2D eigenvalue weighted by molar-refractivity contribution is -0.384. The average Bonchev–Trinajstić information content (AvgIpc) is 3.24. The maximum Gasteiger partial charge on any atom is 0.337 e. The van der Waals surface area contributed by atoms with Crippen LogP contribution in [-0.2, 0) is 9.53 Å². The molecule has 1 aliphatic rings. The number of carbonyl (C=O) groups excluding carboxylic acids is 2. The molecule has 10 heteroatoms. The van der Waals surface area contributed by atoms with E-state index >= 15 is 0 Å². The zero-order valence-electron chi connectivity index (χ0n) is 17.2. The van der Waals surface area contributed by atoms with Crippen molar-refractivity contribution in [1.82, 2.24) is 20.4 Å². The van der Waals surface area contributed by atoms with Crippen LogP contribution >= 0.6 is 0 Å². The normalized spacial score (nSPS) is 15.7. The number of ether oxygens (including phenoxy) is 1. The molecule has 2 N–H and O–H groups in total. The predicted octanol–water partition coefficient (Wildman–Crippen LogP) is 3.25. The van der Waals surface area contributed by atoms with Gasteiger partial charge in [0, 0.05) is 35.2 Å². The van der Waals surface area contributed by atoms with Crippen LogP contribution < -0.4 is 10.6 Å². The number of para-hydroxylation sites is 1. The fourth-order valence-corrected chi connectivity index (χ4v) is 3.61. The Morgan fingerprint density at radius 1 is 1.19 bits per heavy atom. The number of nitrogens with one attached hydrogen (secondary N) is 2. The summed E-state index contributed by atoms with van der Waals surface area (Å²) in [5.74, 6) is -0.613. The highest BCUT2D eigenvalue weighted by Gasteiger charge is 2.35. The molecule has 4 rings (SSSR count). The molecular formula is C22H19N5O5. The van der Waals surface area contributed by atoms with Crippen LogP contribution in [0.3, 0.4) is 0 Å². The van der Waals surface area contributed by atoms with Gasteiger partial charge in [-0.15, -0.1) is 0 Å². The summed E-state index contributed by atoms with van der Waals surface area (Å²) in [6, 6.07) is 13.9. The Morgan fingerprint density at radius 3 is 2.62 bits per heavy atom. The summed E-state index contributed by atoms with van der Waals surface area (Å²) < 4.78 is 6.53. The first-order valence-corrected chi connectivity index (χ1v) is 9.65. The van der Waals surface area contributed by atoms with Crippen molar-refractivity contribution in [2.45, 2.75) is 13.0 Å². The van der Waals surface area contributed by atoms with Gasteiger partial charge in [-0.2, -0.15) is 5.10 Å². The number of benzene rings is 2. The molecule has 0 radical (unpaired) electrons. The number of carbonyl (C=O) groups is 2. The molecule has 1 aromatic heterocycles. The third-order valence-electron chi connectivity index (χ3n) is 5.08. The van der Waals surface area contributed by atoms with Crippen LogP contribution in [0.5, 0.6) is 0 Å². The van der Waals surface area contributed by atoms with Crippen molar-refractivity contribution in [1.29, 1.82) is 0 Å². The predicted molar refractivity (Wildman–Crippen MR) is 115 cm³/mol. The van der Waals surface area contributed by atoms with Gasteiger partial charge in [0.1, 0.15) is 0 Å². The lowest BCUT2D eigenvalue weighted by Crippen LogP contribution is -2.45. The number of nitro groups is 1. The summed E-state index contributed by atoms with van der Waals surface area (Å²) >= 11 is 0. The summed E-state index contributed by atoms with van der Waals surface area (Å²) in [7, 11) is 1.25. The molecule has 0 unspecified atom stereocenters. The molecular weight excluding hydrogens is 414 g/mol. The Balaban J connectivity index is 1.94. The van der Waals surface area contributed by atoms with Crippen molar-refractivity contribution in [3.8, 4) is 16.9 Å². The number of rotatable bonds is 5. The molecule has 3 aromatic rings. The van der Waals surface area contributed by atoms with E-state index in [4.69, 9.17) is 4.74 Å². The molecule has 2 aromatic carbocycles. The minimum atomic E-state index is -0.872. The number of aromatic nitrogens is 2. The Bertz CT molecular complexity index is 1250. The largest absolute Gasteiger partial charge is 0.466 e. The van der Waals surface area contributed by atoms with E-state index in [1.807, 2.05) is 30.3 Å². The molecule has 1 atom stereocenters. The summed E-state index contributed by atoms with van der Waals surface area (Å²) in [5.41, 5.74) is 2.55. The SMILES string of the molecule is COC(=O)C1=C(C)NC(=O)N[C@H]1c1cn(-c2ccccc2)nc1-c1cccc([N+](=O)[O-])c1. The van der Waals surface area contributed by atoms with E-state index in [2.05, 4.69) is 15.7 Å². The second-order valence-corrected chi connectivity index (χ2v) is 7.08. The molecule has 0 bridgehead atoms. The second kappa shape index (κ2) is 8.34. The van der Waals surface area contributed by atoms with E-state index in [0.717, 1.165) is 5.69 Å². The quantitative estimate of drug-likeness (QED) is 0.361. The van der Waals surface area contributed by atoms with E-state index in [1.165, 1.54) is 19.2 Å². The zero-order valence-corrected chi connectivity index (χ0v) is 17.2. The summed E-state index contributed by atoms with van der Waals surface area (Å²) in [4.78, 5) is 35.6. The average molecular weight is 433 g/mol. The first-order chi connectivity index (χ1) is 15.4. The number of urea groups is 1. The van der Waals surface area contributed by atoms with Crippen molar-refractivity contribution in [2.75, 3.05) is 7.11 Å². The van der Waals surface area contributed by atoms with Gasteiger partial charge in [0.15, 0.2) is 0 Å². The Kier molecular flexibility index (Phi) is 5.42. The number of hydrogen-bond donors (Lipinski definition) is 2. The van der Waals surface area contributed by atoms with Crippen LogP contribution in [0.25, 0.3) is 16.9 Å². The molecule has 2 heterocycles. The van der Waals surface area contributed by atoms with Gasteiger partial charge < -0.3 is 15.4 Å². The van der Waals surface area contributed by atoms with Crippen molar-refractivity contribution in [3.63, 3.8) is 0 Å². The first kappa shape index (κ1) is 20.8. The van der Waals surface area contributed by atoms with Crippen molar-refractivity contribution in [3.05, 3.63) is 87.7 Å². The molecule has 0 fully saturated rings. The number of hydrogen-bond acceptors (Lipinski definition) is 6. The highest BCUT2D eigenvalue weighted by Crippen LogP contribution is 2.35. The third-order valence-corrected chi connectivity index (χ3v) is 5.08. The van der Waals surface area contributed by atoms with Crippen LogP contribution in [0.4, 0.5) is 10.5 Å². The van der Waals surface area contributed by atoms with Gasteiger partial charge in [-0.05, 0) is 19.1 Å². The first-order valence-electron chi connectivity index (χ1n) is 9.65. The van der Waals surface area contributed by atoms with E-state index in [9.17, 15) is 19.7 Å². The van der Waals surface area contributed by atoms with Gasteiger partial charge >= 0.3 is 12.0 Å². The number of methoxy groups -OCH3 is 1. The van der Waals surface area contributed by atoms with Crippen LogP contribution in [0.1, 0.15) is 18.5 Å². The fourth-order valence-electron chi connectivity index (χ4n) is 3.61. The molecule has 0 aliphatic carbocycles. The van der Waals surface area contributed by atoms with Gasteiger partial charge in [0.05, 0.1) is 35.0 Å². The smallest absolute Gasteiger partial charge is 0.337 e. The second-order valence-electron chi connectivity index (χ2n) is 7.08. The molecule has 1 aliphatic heterocycles. The maximum absolute atomic E-state index is 12.5. The number of amides is 2. The Labute approximate surface area is 182 Å². The van der Waals surface area contributed by atoms with Crippen molar-refractivity contribution in [2.24, 2.45) is 0 Å². The Morgan fingerprint density at radius 2 is 1.94 bits per heavy atom. The minimum absolute atomic E-state index is 0.100. The fraction of sp³-hybridized carbons (Fsp3) is 0.136. The van der Waals surface area contributed by atoms with Crippen molar-refractivity contribution >= 4 is 17.7 Å². The van der Waals surface area contributed by atoms with Gasteiger partial charge in [0.2, 0.25) is 0 Å². The highest BCUT2D eigenvalue weighted by molar-refractivity contribution is 5.95. The Hall–Kier alpha value is -4.47. The van der Waals surface area contributed by atoms with Crippen LogP contribution in [0.2, 0.25) is 0 Å². The number of allylic oxidation sites excluding steroid dienone is 1. The van der Waals surface area contributed by atoms with Gasteiger partial charge in [-0.25, -0.2) is 14.3 Å². The van der Waals surface area contributed by atoms with E-state index in [1.54, 1.807) is 29.9 Å². The van der Waals surface area contributed by atoms with E-state index in [0.29, 0.717) is 22.5 Å². The van der Waals surface area contributed by atoms with Crippen molar-refractivity contribution < 1.29 is 19.2 Å². The highest BCUT2D eigenvalue weighted by atomic mass is 16.6. The summed E-state index contributed by atoms with van der Waals surface area (Å²) in [5, 5.41) is 21.3. The number of non-ortho nitro benzene ring substituents is 1. The number of esters is 1. The van der Waals surface area contributed by atoms with Crippen LogP contribution in [0.15, 0.2) is 72.1 Å². The number of nitrogens with zero attached hydrogens (tertiary/aromatic N) is 3. The molecule has 0 spiro atoms. The summed E-state index contributed by atoms with van der Waals surface area (Å²) in [6.45, 7) is 1.60. The molecule has 0 saturated heterocycles. The van der Waals surface area contributed by atoms with Gasteiger partial charge in [0.25, 0.3) is 5.69 Å². The lowest BCUT2D eigenvalue weighted by Gasteiger charge is -2.27. The molecule has 0 saturated carbocycles. The summed E-state index contributed by atoms with van der Waals surface area (Å²) in [6.07, 6.45) is 1.69. The zero-order chi connectivity index (χ0) is 22.8. The molecule has 10 nitrogen and oxygen atoms in total. The number of nitro benzene ring substituents is 1. The maximum atomic E-state index is 12.5.